The van der Waals surface area contributed by atoms with Crippen LogP contribution in [0.4, 0.5) is 10.1 Å². The molecule has 0 aliphatic heterocycles. The Balaban J connectivity index is 1.74. The minimum absolute atomic E-state index is 0.0591. The lowest BCUT2D eigenvalue weighted by molar-refractivity contribution is 0.102. The van der Waals surface area contributed by atoms with Gasteiger partial charge in [-0.2, -0.15) is 0 Å². The molecule has 26 heavy (non-hydrogen) atoms. The van der Waals surface area contributed by atoms with Crippen molar-refractivity contribution in [2.75, 3.05) is 11.9 Å². The molecule has 1 amide bonds. The molecule has 2 aromatic carbocycles. The SMILES string of the molecule is CCOc1ccc(-c2ccc(NC(=O)c3c(F)cccc3Cl)cc2)nn1. The van der Waals surface area contributed by atoms with E-state index in [-0.39, 0.29) is 10.6 Å². The molecule has 0 unspecified atom stereocenters. The molecule has 0 fully saturated rings. The van der Waals surface area contributed by atoms with Crippen LogP contribution in [0.15, 0.2) is 54.6 Å². The number of carbonyl (C=O) groups is 1. The fourth-order valence-corrected chi connectivity index (χ4v) is 2.58. The number of hydrogen-bond donors (Lipinski definition) is 1. The predicted molar refractivity (Wildman–Crippen MR) is 98.0 cm³/mol. The standard InChI is InChI=1S/C19H15ClFN3O2/c1-2-26-17-11-10-16(23-24-17)12-6-8-13(9-7-12)22-19(25)18-14(20)4-3-5-15(18)21/h3-11H,2H2,1H3,(H,22,25). The topological polar surface area (TPSA) is 64.1 Å². The number of ether oxygens (including phenoxy) is 1. The van der Waals surface area contributed by atoms with Crippen molar-refractivity contribution in [1.29, 1.82) is 0 Å². The maximum atomic E-state index is 13.8. The van der Waals surface area contributed by atoms with Crippen LogP contribution in [0.5, 0.6) is 5.88 Å². The van der Waals surface area contributed by atoms with Gasteiger partial charge < -0.3 is 10.1 Å². The van der Waals surface area contributed by atoms with E-state index < -0.39 is 11.7 Å². The van der Waals surface area contributed by atoms with E-state index in [0.29, 0.717) is 23.9 Å². The van der Waals surface area contributed by atoms with Crippen molar-refractivity contribution in [3.63, 3.8) is 0 Å². The number of aromatic nitrogens is 2. The molecule has 1 N–H and O–H groups in total. The largest absolute Gasteiger partial charge is 0.477 e. The molecule has 5 nitrogen and oxygen atoms in total. The predicted octanol–water partition coefficient (Wildman–Crippen LogP) is 4.59. The van der Waals surface area contributed by atoms with Gasteiger partial charge in [-0.25, -0.2) is 4.39 Å². The van der Waals surface area contributed by atoms with Crippen molar-refractivity contribution in [3.8, 4) is 17.1 Å². The van der Waals surface area contributed by atoms with Crippen molar-refractivity contribution >= 4 is 23.2 Å². The number of benzene rings is 2. The molecule has 0 radical (unpaired) electrons. The second-order valence-electron chi connectivity index (χ2n) is 5.32. The summed E-state index contributed by atoms with van der Waals surface area (Å²) in [6.07, 6.45) is 0. The number of rotatable bonds is 5. The molecule has 1 heterocycles. The molecule has 3 rings (SSSR count). The molecule has 0 saturated carbocycles. The molecular formula is C19H15ClFN3O2. The zero-order chi connectivity index (χ0) is 18.5. The summed E-state index contributed by atoms with van der Waals surface area (Å²) in [5.74, 6) is -0.820. The minimum atomic E-state index is -0.670. The van der Waals surface area contributed by atoms with Crippen molar-refractivity contribution in [1.82, 2.24) is 10.2 Å². The summed E-state index contributed by atoms with van der Waals surface area (Å²) < 4.78 is 19.1. The molecule has 132 valence electrons. The van der Waals surface area contributed by atoms with Gasteiger partial charge in [0.15, 0.2) is 0 Å². The maximum absolute atomic E-state index is 13.8. The molecule has 0 saturated heterocycles. The first-order valence-electron chi connectivity index (χ1n) is 7.91. The van der Waals surface area contributed by atoms with Crippen molar-refractivity contribution in [2.45, 2.75) is 6.92 Å². The van der Waals surface area contributed by atoms with Gasteiger partial charge in [-0.1, -0.05) is 29.8 Å². The van der Waals surface area contributed by atoms with Gasteiger partial charge in [0.1, 0.15) is 5.82 Å². The first-order chi connectivity index (χ1) is 12.6. The first-order valence-corrected chi connectivity index (χ1v) is 8.28. The number of anilines is 1. The highest BCUT2D eigenvalue weighted by Gasteiger charge is 2.15. The Hall–Kier alpha value is -2.99. The van der Waals surface area contributed by atoms with E-state index >= 15 is 0 Å². The van der Waals surface area contributed by atoms with Gasteiger partial charge in [-0.15, -0.1) is 10.2 Å². The Bertz CT molecular complexity index is 895. The van der Waals surface area contributed by atoms with Crippen LogP contribution >= 0.6 is 11.6 Å². The van der Waals surface area contributed by atoms with E-state index in [9.17, 15) is 9.18 Å². The van der Waals surface area contributed by atoms with Gasteiger partial charge in [-0.05, 0) is 37.3 Å². The van der Waals surface area contributed by atoms with E-state index in [1.807, 2.05) is 6.92 Å². The molecule has 0 aliphatic carbocycles. The summed E-state index contributed by atoms with van der Waals surface area (Å²) in [5.41, 5.74) is 1.82. The van der Waals surface area contributed by atoms with E-state index in [1.165, 1.54) is 18.2 Å². The lowest BCUT2D eigenvalue weighted by Crippen LogP contribution is -2.14. The van der Waals surface area contributed by atoms with E-state index in [1.54, 1.807) is 36.4 Å². The zero-order valence-electron chi connectivity index (χ0n) is 13.9. The summed E-state index contributed by atoms with van der Waals surface area (Å²) in [5, 5.41) is 10.8. The van der Waals surface area contributed by atoms with Gasteiger partial charge in [0.2, 0.25) is 5.88 Å². The van der Waals surface area contributed by atoms with Gasteiger partial charge in [0, 0.05) is 17.3 Å². The molecule has 0 spiro atoms. The molecule has 0 aliphatic rings. The van der Waals surface area contributed by atoms with Crippen LogP contribution in [0, 0.1) is 5.82 Å². The summed E-state index contributed by atoms with van der Waals surface area (Å²) in [4.78, 5) is 12.2. The summed E-state index contributed by atoms with van der Waals surface area (Å²) in [7, 11) is 0. The number of hydrogen-bond acceptors (Lipinski definition) is 4. The normalized spacial score (nSPS) is 10.4. The van der Waals surface area contributed by atoms with Crippen LogP contribution in [0.2, 0.25) is 5.02 Å². The second kappa shape index (κ2) is 7.93. The Morgan fingerprint density at radius 2 is 1.88 bits per heavy atom. The average molecular weight is 372 g/mol. The summed E-state index contributed by atoms with van der Waals surface area (Å²) in [6, 6.07) is 14.6. The number of halogens is 2. The molecule has 7 heteroatoms. The van der Waals surface area contributed by atoms with E-state index in [4.69, 9.17) is 16.3 Å². The molecule has 1 aromatic heterocycles. The van der Waals surface area contributed by atoms with Crippen LogP contribution in [-0.4, -0.2) is 22.7 Å². The van der Waals surface area contributed by atoms with Gasteiger partial charge in [-0.3, -0.25) is 4.79 Å². The smallest absolute Gasteiger partial charge is 0.260 e. The zero-order valence-corrected chi connectivity index (χ0v) is 14.6. The Morgan fingerprint density at radius 3 is 2.50 bits per heavy atom. The molecule has 3 aromatic rings. The van der Waals surface area contributed by atoms with Gasteiger partial charge in [0.05, 0.1) is 22.9 Å². The van der Waals surface area contributed by atoms with E-state index in [2.05, 4.69) is 15.5 Å². The minimum Gasteiger partial charge on any atom is -0.477 e. The third-order valence-corrected chi connectivity index (χ3v) is 3.88. The van der Waals surface area contributed by atoms with Crippen LogP contribution < -0.4 is 10.1 Å². The van der Waals surface area contributed by atoms with Gasteiger partial charge >= 0.3 is 0 Å². The van der Waals surface area contributed by atoms with Crippen LogP contribution in [0.25, 0.3) is 11.3 Å². The lowest BCUT2D eigenvalue weighted by atomic mass is 10.1. The fraction of sp³-hybridized carbons (Fsp3) is 0.105. The van der Waals surface area contributed by atoms with Crippen LogP contribution in [0.3, 0.4) is 0 Å². The third-order valence-electron chi connectivity index (χ3n) is 3.56. The molecule has 0 atom stereocenters. The van der Waals surface area contributed by atoms with Crippen molar-refractivity contribution in [2.24, 2.45) is 0 Å². The highest BCUT2D eigenvalue weighted by molar-refractivity contribution is 6.34. The second-order valence-corrected chi connectivity index (χ2v) is 5.73. The molecule has 0 bridgehead atoms. The molecular weight excluding hydrogens is 357 g/mol. The number of carbonyl (C=O) groups excluding carboxylic acids is 1. The number of nitrogens with zero attached hydrogens (tertiary/aromatic N) is 2. The third kappa shape index (κ3) is 3.97. The maximum Gasteiger partial charge on any atom is 0.260 e. The number of nitrogens with one attached hydrogen (secondary N) is 1. The van der Waals surface area contributed by atoms with E-state index in [0.717, 1.165) is 5.56 Å². The highest BCUT2D eigenvalue weighted by atomic mass is 35.5. The van der Waals surface area contributed by atoms with Crippen LogP contribution in [0.1, 0.15) is 17.3 Å². The average Bonchev–Trinajstić information content (AvgIpc) is 2.63. The summed E-state index contributed by atoms with van der Waals surface area (Å²) >= 11 is 5.90. The van der Waals surface area contributed by atoms with Crippen molar-refractivity contribution in [3.05, 3.63) is 71.0 Å². The lowest BCUT2D eigenvalue weighted by Gasteiger charge is -2.08. The Morgan fingerprint density at radius 1 is 1.12 bits per heavy atom. The van der Waals surface area contributed by atoms with Crippen molar-refractivity contribution < 1.29 is 13.9 Å². The highest BCUT2D eigenvalue weighted by Crippen LogP contribution is 2.23. The van der Waals surface area contributed by atoms with Gasteiger partial charge in [0.25, 0.3) is 5.91 Å². The first kappa shape index (κ1) is 17.8. The van der Waals surface area contributed by atoms with Crippen LogP contribution in [-0.2, 0) is 0 Å². The monoisotopic (exact) mass is 371 g/mol. The summed E-state index contributed by atoms with van der Waals surface area (Å²) in [6.45, 7) is 2.39. The fourth-order valence-electron chi connectivity index (χ4n) is 2.33. The quantitative estimate of drug-likeness (QED) is 0.712. The number of amides is 1. The Kier molecular flexibility index (Phi) is 5.43. The Labute approximate surface area is 154 Å².